The van der Waals surface area contributed by atoms with Crippen LogP contribution >= 0.6 is 0 Å². The Bertz CT molecular complexity index is 1440. The zero-order valence-corrected chi connectivity index (χ0v) is 17.0. The fourth-order valence-electron chi connectivity index (χ4n) is 5.75. The van der Waals surface area contributed by atoms with E-state index < -0.39 is 0 Å². The molecule has 3 heterocycles. The number of para-hydroxylation sites is 1. The van der Waals surface area contributed by atoms with Gasteiger partial charge in [-0.3, -0.25) is 0 Å². The first-order valence-electron chi connectivity index (χ1n) is 10.6. The van der Waals surface area contributed by atoms with Crippen LogP contribution in [0.4, 0.5) is 5.69 Å². The summed E-state index contributed by atoms with van der Waals surface area (Å²) in [4.78, 5) is 3.55. The Kier molecular flexibility index (Phi) is 2.92. The summed E-state index contributed by atoms with van der Waals surface area (Å²) >= 11 is 0. The number of allylic oxidation sites excluding steroid dienone is 2. The highest BCUT2D eigenvalue weighted by Gasteiger charge is 2.43. The zero-order valence-electron chi connectivity index (χ0n) is 17.0. The maximum Gasteiger partial charge on any atom is 0.141 e. The van der Waals surface area contributed by atoms with Gasteiger partial charge in [0.15, 0.2) is 0 Å². The molecule has 2 atom stereocenters. The van der Waals surface area contributed by atoms with E-state index in [1.807, 2.05) is 0 Å². The Morgan fingerprint density at radius 3 is 2.70 bits per heavy atom. The fourth-order valence-corrected chi connectivity index (χ4v) is 5.75. The molecular weight excluding hydrogens is 368 g/mol. The SMILES string of the molecule is CC1(C)c2ccc3[nH]c4ccccc4c3c2Oc2ccc3c(c21)C1C=CC=CC1N3. The molecule has 30 heavy (non-hydrogen) atoms. The van der Waals surface area contributed by atoms with Crippen molar-refractivity contribution < 1.29 is 4.74 Å². The van der Waals surface area contributed by atoms with Crippen molar-refractivity contribution in [2.24, 2.45) is 0 Å². The Hall–Kier alpha value is -3.46. The Morgan fingerprint density at radius 2 is 1.77 bits per heavy atom. The molecule has 0 saturated carbocycles. The standard InChI is InChI=1S/C27H22N2O/c1-27(2)17-11-12-21-24(16-8-4-6-10-19(16)29-21)26(17)30-22-14-13-20-23(25(22)27)15-7-3-5-9-18(15)28-20/h3-15,18,28-29H,1-2H3. The molecule has 0 fully saturated rings. The predicted molar refractivity (Wildman–Crippen MR) is 123 cm³/mol. The molecule has 0 bridgehead atoms. The van der Waals surface area contributed by atoms with Crippen molar-refractivity contribution in [2.75, 3.05) is 5.32 Å². The van der Waals surface area contributed by atoms with Crippen molar-refractivity contribution in [3.63, 3.8) is 0 Å². The number of aromatic amines is 1. The summed E-state index contributed by atoms with van der Waals surface area (Å²) in [5, 5.41) is 6.09. The van der Waals surface area contributed by atoms with Gasteiger partial charge in [-0.25, -0.2) is 0 Å². The molecule has 0 spiro atoms. The highest BCUT2D eigenvalue weighted by molar-refractivity contribution is 6.11. The molecule has 2 aliphatic heterocycles. The number of H-pyrrole nitrogens is 1. The quantitative estimate of drug-likeness (QED) is 0.348. The van der Waals surface area contributed by atoms with Crippen LogP contribution in [0.15, 0.2) is 72.8 Å². The van der Waals surface area contributed by atoms with Crippen LogP contribution in [0.2, 0.25) is 0 Å². The van der Waals surface area contributed by atoms with E-state index in [0.717, 1.165) is 22.5 Å². The number of hydrogen-bond acceptors (Lipinski definition) is 2. The number of rotatable bonds is 0. The van der Waals surface area contributed by atoms with Crippen molar-refractivity contribution >= 4 is 27.5 Å². The lowest BCUT2D eigenvalue weighted by Crippen LogP contribution is -2.27. The lowest BCUT2D eigenvalue weighted by atomic mass is 9.71. The van der Waals surface area contributed by atoms with E-state index in [0.29, 0.717) is 12.0 Å². The second-order valence-electron chi connectivity index (χ2n) is 9.13. The predicted octanol–water partition coefficient (Wildman–Crippen LogP) is 6.76. The second kappa shape index (κ2) is 5.37. The summed E-state index contributed by atoms with van der Waals surface area (Å²) in [6.07, 6.45) is 8.88. The minimum Gasteiger partial charge on any atom is -0.456 e. The van der Waals surface area contributed by atoms with Gasteiger partial charge in [0.1, 0.15) is 11.5 Å². The first-order valence-corrected chi connectivity index (χ1v) is 10.6. The van der Waals surface area contributed by atoms with E-state index in [1.165, 1.54) is 33.2 Å². The Labute approximate surface area is 175 Å². The van der Waals surface area contributed by atoms with Crippen LogP contribution < -0.4 is 10.1 Å². The van der Waals surface area contributed by atoms with E-state index in [9.17, 15) is 0 Å². The molecule has 2 N–H and O–H groups in total. The molecule has 1 aliphatic carbocycles. The van der Waals surface area contributed by atoms with Crippen LogP contribution in [0.5, 0.6) is 11.5 Å². The van der Waals surface area contributed by atoms with Crippen molar-refractivity contribution in [1.82, 2.24) is 4.98 Å². The van der Waals surface area contributed by atoms with Gasteiger partial charge in [-0.1, -0.05) is 62.4 Å². The molecule has 1 aromatic heterocycles. The summed E-state index contributed by atoms with van der Waals surface area (Å²) in [6.45, 7) is 4.67. The van der Waals surface area contributed by atoms with Crippen LogP contribution in [-0.2, 0) is 5.41 Å². The molecule has 3 aliphatic rings. The number of fused-ring (bicyclic) bond motifs is 10. The summed E-state index contributed by atoms with van der Waals surface area (Å²) < 4.78 is 6.71. The number of anilines is 1. The number of ether oxygens (including phenoxy) is 1. The monoisotopic (exact) mass is 390 g/mol. The first-order chi connectivity index (χ1) is 14.6. The van der Waals surface area contributed by atoms with E-state index >= 15 is 0 Å². The van der Waals surface area contributed by atoms with E-state index in [1.54, 1.807) is 0 Å². The largest absolute Gasteiger partial charge is 0.456 e. The van der Waals surface area contributed by atoms with Gasteiger partial charge in [-0.15, -0.1) is 0 Å². The van der Waals surface area contributed by atoms with Crippen molar-refractivity contribution in [1.29, 1.82) is 0 Å². The van der Waals surface area contributed by atoms with E-state index in [4.69, 9.17) is 4.74 Å². The van der Waals surface area contributed by atoms with Crippen molar-refractivity contribution in [2.45, 2.75) is 31.2 Å². The van der Waals surface area contributed by atoms with Crippen molar-refractivity contribution in [3.8, 4) is 11.5 Å². The third kappa shape index (κ3) is 1.90. The third-order valence-electron chi connectivity index (χ3n) is 7.13. The molecule has 3 heteroatoms. The number of hydrogen-bond donors (Lipinski definition) is 2. The number of nitrogens with one attached hydrogen (secondary N) is 2. The molecule has 3 nitrogen and oxygen atoms in total. The Morgan fingerprint density at radius 1 is 0.900 bits per heavy atom. The highest BCUT2D eigenvalue weighted by Crippen LogP contribution is 2.56. The third-order valence-corrected chi connectivity index (χ3v) is 7.13. The molecule has 0 saturated heterocycles. The molecule has 146 valence electrons. The summed E-state index contributed by atoms with van der Waals surface area (Å²) in [5.41, 5.74) is 7.28. The smallest absolute Gasteiger partial charge is 0.141 e. The molecule has 3 aromatic carbocycles. The molecule has 7 rings (SSSR count). The normalized spacial score (nSPS) is 22.2. The van der Waals surface area contributed by atoms with E-state index in [-0.39, 0.29) is 5.41 Å². The lowest BCUT2D eigenvalue weighted by Gasteiger charge is -2.37. The zero-order chi connectivity index (χ0) is 20.0. The minimum absolute atomic E-state index is 0.160. The van der Waals surface area contributed by atoms with Gasteiger partial charge in [0, 0.05) is 39.1 Å². The van der Waals surface area contributed by atoms with Gasteiger partial charge >= 0.3 is 0 Å². The van der Waals surface area contributed by atoms with Gasteiger partial charge in [0.2, 0.25) is 0 Å². The summed E-state index contributed by atoms with van der Waals surface area (Å²) in [5.74, 6) is 2.32. The van der Waals surface area contributed by atoms with E-state index in [2.05, 4.69) is 97.0 Å². The molecular formula is C27H22N2O. The maximum absolute atomic E-state index is 6.71. The highest BCUT2D eigenvalue weighted by atomic mass is 16.5. The van der Waals surface area contributed by atoms with Gasteiger partial charge in [-0.05, 0) is 29.8 Å². The van der Waals surface area contributed by atoms with Crippen LogP contribution in [0.1, 0.15) is 36.5 Å². The molecule has 0 amide bonds. The molecule has 2 unspecified atom stereocenters. The van der Waals surface area contributed by atoms with Gasteiger partial charge in [0.05, 0.1) is 16.9 Å². The lowest BCUT2D eigenvalue weighted by molar-refractivity contribution is 0.420. The van der Waals surface area contributed by atoms with Crippen LogP contribution in [0.3, 0.4) is 0 Å². The average Bonchev–Trinajstić information content (AvgIpc) is 3.31. The average molecular weight is 390 g/mol. The topological polar surface area (TPSA) is 37.0 Å². The Balaban J connectivity index is 1.52. The number of aromatic nitrogens is 1. The summed E-state index contributed by atoms with van der Waals surface area (Å²) in [7, 11) is 0. The minimum atomic E-state index is -0.160. The fraction of sp³-hybridized carbons (Fsp3) is 0.185. The summed E-state index contributed by atoms with van der Waals surface area (Å²) in [6, 6.07) is 17.6. The van der Waals surface area contributed by atoms with Gasteiger partial charge in [0.25, 0.3) is 0 Å². The van der Waals surface area contributed by atoms with Gasteiger partial charge < -0.3 is 15.0 Å². The van der Waals surface area contributed by atoms with Crippen LogP contribution in [-0.4, -0.2) is 11.0 Å². The van der Waals surface area contributed by atoms with Gasteiger partial charge in [-0.2, -0.15) is 0 Å². The first kappa shape index (κ1) is 16.3. The van der Waals surface area contributed by atoms with Crippen LogP contribution in [0.25, 0.3) is 21.8 Å². The molecule has 0 radical (unpaired) electrons. The maximum atomic E-state index is 6.71. The molecule has 4 aromatic rings. The second-order valence-corrected chi connectivity index (χ2v) is 9.13. The number of benzene rings is 3. The van der Waals surface area contributed by atoms with Crippen molar-refractivity contribution in [3.05, 3.63) is 89.5 Å². The van der Waals surface area contributed by atoms with Crippen LogP contribution in [0, 0.1) is 0 Å².